The molecule has 3 nitrogen and oxygen atoms in total. The van der Waals surface area contributed by atoms with Crippen molar-refractivity contribution in [3.05, 3.63) is 12.2 Å². The average molecular weight is 312 g/mol. The number of hydrogen-bond donors (Lipinski definition) is 2. The van der Waals surface area contributed by atoms with Crippen molar-refractivity contribution in [3.63, 3.8) is 0 Å². The minimum absolute atomic E-state index is 0.211. The fourth-order valence-corrected chi connectivity index (χ4v) is 3.06. The fraction of sp³-hybridized carbons (Fsp3) is 0.895. The quantitative estimate of drug-likeness (QED) is 0.351. The molecule has 0 unspecified atom stereocenters. The molecule has 0 amide bonds. The Hall–Kier alpha value is -0.380. The third-order valence-electron chi connectivity index (χ3n) is 4.50. The van der Waals surface area contributed by atoms with E-state index in [9.17, 15) is 0 Å². The normalized spacial score (nSPS) is 18.9. The van der Waals surface area contributed by atoms with E-state index < -0.39 is 6.10 Å². The first kappa shape index (κ1) is 19.7. The number of aliphatic hydroxyl groups is 2. The summed E-state index contributed by atoms with van der Waals surface area (Å²) in [4.78, 5) is 0. The SMILES string of the molecule is OC[C@H](O)COCCCCCCCCCCC[C@H]1C=CCC1. The zero-order valence-electron chi connectivity index (χ0n) is 14.2. The van der Waals surface area contributed by atoms with Crippen LogP contribution in [0.2, 0.25) is 0 Å². The highest BCUT2D eigenvalue weighted by atomic mass is 16.5. The lowest BCUT2D eigenvalue weighted by Gasteiger charge is -2.08. The summed E-state index contributed by atoms with van der Waals surface area (Å²) in [6.45, 7) is 0.747. The molecule has 22 heavy (non-hydrogen) atoms. The Morgan fingerprint density at radius 2 is 1.59 bits per heavy atom. The molecule has 0 aromatic carbocycles. The Labute approximate surface area is 136 Å². The number of rotatable bonds is 15. The second-order valence-electron chi connectivity index (χ2n) is 6.65. The molecule has 1 aliphatic rings. The molecule has 0 spiro atoms. The molecule has 1 rings (SSSR count). The van der Waals surface area contributed by atoms with Crippen molar-refractivity contribution in [2.75, 3.05) is 19.8 Å². The zero-order valence-corrected chi connectivity index (χ0v) is 14.2. The van der Waals surface area contributed by atoms with Crippen LogP contribution in [0.15, 0.2) is 12.2 Å². The summed E-state index contributed by atoms with van der Waals surface area (Å²) >= 11 is 0. The Kier molecular flexibility index (Phi) is 12.7. The van der Waals surface area contributed by atoms with Gasteiger partial charge in [-0.1, -0.05) is 63.5 Å². The molecule has 0 saturated carbocycles. The van der Waals surface area contributed by atoms with E-state index in [-0.39, 0.29) is 13.2 Å². The van der Waals surface area contributed by atoms with E-state index in [1.54, 1.807) is 0 Å². The highest BCUT2D eigenvalue weighted by molar-refractivity contribution is 4.95. The average Bonchev–Trinajstić information content (AvgIpc) is 3.04. The Morgan fingerprint density at radius 3 is 2.18 bits per heavy atom. The van der Waals surface area contributed by atoms with Crippen molar-refractivity contribution in [3.8, 4) is 0 Å². The molecule has 0 heterocycles. The first-order chi connectivity index (χ1) is 10.8. The maximum absolute atomic E-state index is 9.10. The van der Waals surface area contributed by atoms with Crippen molar-refractivity contribution < 1.29 is 14.9 Å². The van der Waals surface area contributed by atoms with Gasteiger partial charge >= 0.3 is 0 Å². The number of hydrogen-bond acceptors (Lipinski definition) is 3. The van der Waals surface area contributed by atoms with Gasteiger partial charge in [0.05, 0.1) is 13.2 Å². The van der Waals surface area contributed by atoms with E-state index in [0.717, 1.165) is 12.3 Å². The van der Waals surface area contributed by atoms with E-state index >= 15 is 0 Å². The van der Waals surface area contributed by atoms with Gasteiger partial charge in [0.2, 0.25) is 0 Å². The van der Waals surface area contributed by atoms with E-state index in [1.165, 1.54) is 70.6 Å². The van der Waals surface area contributed by atoms with E-state index in [1.807, 2.05) is 0 Å². The topological polar surface area (TPSA) is 49.7 Å². The molecule has 0 fully saturated rings. The van der Waals surface area contributed by atoms with Gasteiger partial charge in [-0.05, 0) is 31.6 Å². The van der Waals surface area contributed by atoms with Gasteiger partial charge in [0.15, 0.2) is 0 Å². The lowest BCUT2D eigenvalue weighted by Crippen LogP contribution is -2.19. The highest BCUT2D eigenvalue weighted by Crippen LogP contribution is 2.23. The van der Waals surface area contributed by atoms with Crippen LogP contribution >= 0.6 is 0 Å². The van der Waals surface area contributed by atoms with Crippen LogP contribution in [-0.2, 0) is 4.74 Å². The smallest absolute Gasteiger partial charge is 0.100 e. The molecule has 0 aromatic heterocycles. The molecular formula is C19H36O3. The van der Waals surface area contributed by atoms with Crippen LogP contribution in [0, 0.1) is 5.92 Å². The predicted molar refractivity (Wildman–Crippen MR) is 91.9 cm³/mol. The van der Waals surface area contributed by atoms with Crippen molar-refractivity contribution >= 4 is 0 Å². The van der Waals surface area contributed by atoms with Gasteiger partial charge in [-0.25, -0.2) is 0 Å². The maximum Gasteiger partial charge on any atom is 0.100 e. The predicted octanol–water partition coefficient (Wildman–Crippen LogP) is 4.22. The molecular weight excluding hydrogens is 276 g/mol. The van der Waals surface area contributed by atoms with Crippen molar-refractivity contribution in [1.29, 1.82) is 0 Å². The summed E-state index contributed by atoms with van der Waals surface area (Å²) in [5.74, 6) is 0.890. The highest BCUT2D eigenvalue weighted by Gasteiger charge is 2.07. The summed E-state index contributed by atoms with van der Waals surface area (Å²) < 4.78 is 5.29. The van der Waals surface area contributed by atoms with Gasteiger partial charge in [-0.3, -0.25) is 0 Å². The summed E-state index contributed by atoms with van der Waals surface area (Å²) in [5, 5.41) is 17.7. The van der Waals surface area contributed by atoms with E-state index in [4.69, 9.17) is 14.9 Å². The summed E-state index contributed by atoms with van der Waals surface area (Å²) in [6.07, 6.45) is 20.0. The molecule has 3 heteroatoms. The van der Waals surface area contributed by atoms with Crippen molar-refractivity contribution in [1.82, 2.24) is 0 Å². The second kappa shape index (κ2) is 14.2. The molecule has 0 aromatic rings. The van der Waals surface area contributed by atoms with Gasteiger partial charge < -0.3 is 14.9 Å². The zero-order chi connectivity index (χ0) is 15.9. The molecule has 0 aliphatic heterocycles. The fourth-order valence-electron chi connectivity index (χ4n) is 3.06. The van der Waals surface area contributed by atoms with Crippen molar-refractivity contribution in [2.45, 2.75) is 83.2 Å². The number of aliphatic hydroxyl groups excluding tert-OH is 2. The number of allylic oxidation sites excluding steroid dienone is 2. The molecule has 130 valence electrons. The lowest BCUT2D eigenvalue weighted by molar-refractivity contribution is 0.00526. The number of ether oxygens (including phenoxy) is 1. The Balaban J connectivity index is 1.68. The van der Waals surface area contributed by atoms with Crippen LogP contribution in [-0.4, -0.2) is 36.1 Å². The molecule has 1 aliphatic carbocycles. The Morgan fingerprint density at radius 1 is 0.955 bits per heavy atom. The van der Waals surface area contributed by atoms with Gasteiger partial charge in [0.25, 0.3) is 0 Å². The molecule has 2 N–H and O–H groups in total. The third kappa shape index (κ3) is 11.2. The van der Waals surface area contributed by atoms with Crippen LogP contribution in [0.4, 0.5) is 0 Å². The second-order valence-corrected chi connectivity index (χ2v) is 6.65. The molecule has 0 bridgehead atoms. The first-order valence-corrected chi connectivity index (χ1v) is 9.36. The largest absolute Gasteiger partial charge is 0.394 e. The maximum atomic E-state index is 9.10. The molecule has 0 radical (unpaired) electrons. The molecule has 0 saturated heterocycles. The minimum atomic E-state index is -0.718. The molecule has 2 atom stereocenters. The van der Waals surface area contributed by atoms with Crippen LogP contribution in [0.3, 0.4) is 0 Å². The van der Waals surface area contributed by atoms with Crippen LogP contribution in [0.5, 0.6) is 0 Å². The van der Waals surface area contributed by atoms with Crippen LogP contribution < -0.4 is 0 Å². The number of unbranched alkanes of at least 4 members (excludes halogenated alkanes) is 8. The van der Waals surface area contributed by atoms with E-state index in [2.05, 4.69) is 12.2 Å². The minimum Gasteiger partial charge on any atom is -0.394 e. The summed E-state index contributed by atoms with van der Waals surface area (Å²) in [6, 6.07) is 0. The van der Waals surface area contributed by atoms with Crippen LogP contribution in [0.25, 0.3) is 0 Å². The lowest BCUT2D eigenvalue weighted by atomic mass is 9.99. The third-order valence-corrected chi connectivity index (χ3v) is 4.50. The first-order valence-electron chi connectivity index (χ1n) is 9.36. The van der Waals surface area contributed by atoms with Gasteiger partial charge in [-0.2, -0.15) is 0 Å². The standard InChI is InChI=1S/C19H36O3/c20-16-19(21)17-22-15-11-7-5-3-1-2-4-6-8-12-18-13-9-10-14-18/h9,13,18-21H,1-8,10-12,14-17H2/t18-,19-/m0/s1. The van der Waals surface area contributed by atoms with Crippen LogP contribution in [0.1, 0.15) is 77.0 Å². The monoisotopic (exact) mass is 312 g/mol. The van der Waals surface area contributed by atoms with Gasteiger partial charge in [0.1, 0.15) is 6.10 Å². The van der Waals surface area contributed by atoms with Crippen molar-refractivity contribution in [2.24, 2.45) is 5.92 Å². The van der Waals surface area contributed by atoms with Gasteiger partial charge in [0, 0.05) is 6.61 Å². The Bertz CT molecular complexity index is 265. The summed E-state index contributed by atoms with van der Waals surface area (Å²) in [7, 11) is 0. The van der Waals surface area contributed by atoms with Gasteiger partial charge in [-0.15, -0.1) is 0 Å². The summed E-state index contributed by atoms with van der Waals surface area (Å²) in [5.41, 5.74) is 0. The van der Waals surface area contributed by atoms with E-state index in [0.29, 0.717) is 6.61 Å².